The van der Waals surface area contributed by atoms with E-state index in [4.69, 9.17) is 23.7 Å². The van der Waals surface area contributed by atoms with Gasteiger partial charge in [-0.25, -0.2) is 14.6 Å². The highest BCUT2D eigenvalue weighted by molar-refractivity contribution is 6.01. The molecule has 0 heterocycles. The number of amides is 2. The van der Waals surface area contributed by atoms with E-state index in [9.17, 15) is 9.59 Å². The molecule has 0 bridgehead atoms. The summed E-state index contributed by atoms with van der Waals surface area (Å²) in [7, 11) is 0. The molecule has 0 spiro atoms. The van der Waals surface area contributed by atoms with Crippen molar-refractivity contribution in [1.29, 1.82) is 0 Å². The van der Waals surface area contributed by atoms with E-state index in [2.05, 4.69) is 15.6 Å². The minimum atomic E-state index is -0.734. The highest BCUT2D eigenvalue weighted by Crippen LogP contribution is 2.19. The van der Waals surface area contributed by atoms with Crippen molar-refractivity contribution < 1.29 is 33.3 Å². The van der Waals surface area contributed by atoms with Crippen LogP contribution in [-0.2, 0) is 27.2 Å². The minimum Gasteiger partial charge on any atom is -0.494 e. The Hall–Kier alpha value is -4.57. The maximum absolute atomic E-state index is 12.6. The number of benzene rings is 3. The number of nitrogens with zero attached hydrogens (tertiary/aromatic N) is 1. The Labute approximate surface area is 304 Å². The third-order valence-corrected chi connectivity index (χ3v) is 7.20. The fourth-order valence-electron chi connectivity index (χ4n) is 4.90. The van der Waals surface area contributed by atoms with Crippen molar-refractivity contribution in [2.24, 2.45) is 4.99 Å². The molecule has 10 heteroatoms. The van der Waals surface area contributed by atoms with Crippen molar-refractivity contribution in [3.05, 3.63) is 96.1 Å². The molecule has 2 amide bonds. The lowest BCUT2D eigenvalue weighted by Crippen LogP contribution is -2.48. The van der Waals surface area contributed by atoms with Gasteiger partial charge in [0.2, 0.25) is 5.96 Å². The molecule has 2 N–H and O–H groups in total. The predicted molar refractivity (Wildman–Crippen MR) is 201 cm³/mol. The molecule has 0 saturated carbocycles. The lowest BCUT2D eigenvalue weighted by atomic mass is 10.1. The molecule has 0 aliphatic rings. The number of carbonyl (C=O) groups excluding carboxylic acids is 2. The fraction of sp³-hybridized carbons (Fsp3) is 0.488. The number of nitrogens with one attached hydrogen (secondary N) is 2. The summed E-state index contributed by atoms with van der Waals surface area (Å²) in [6, 6.07) is 27.4. The van der Waals surface area contributed by atoms with Crippen molar-refractivity contribution in [3.63, 3.8) is 0 Å². The zero-order valence-electron chi connectivity index (χ0n) is 31.2. The Balaban J connectivity index is 1.38. The van der Waals surface area contributed by atoms with E-state index in [-0.39, 0.29) is 12.0 Å². The number of hydrogen-bond acceptors (Lipinski definition) is 8. The van der Waals surface area contributed by atoms with Gasteiger partial charge in [-0.2, -0.15) is 0 Å². The number of aliphatic imine (C=N–C) groups is 1. The maximum Gasteiger partial charge on any atom is 0.414 e. The van der Waals surface area contributed by atoms with Crippen LogP contribution in [0.1, 0.15) is 91.2 Å². The Morgan fingerprint density at radius 2 is 1.08 bits per heavy atom. The molecule has 51 heavy (non-hydrogen) atoms. The van der Waals surface area contributed by atoms with Gasteiger partial charge >= 0.3 is 12.2 Å². The topological polar surface area (TPSA) is 117 Å². The van der Waals surface area contributed by atoms with E-state index in [1.54, 1.807) is 41.5 Å². The van der Waals surface area contributed by atoms with E-state index in [0.29, 0.717) is 32.8 Å². The Morgan fingerprint density at radius 1 is 0.608 bits per heavy atom. The molecule has 278 valence electrons. The number of rotatable bonds is 18. The summed E-state index contributed by atoms with van der Waals surface area (Å²) in [6.45, 7) is 12.7. The van der Waals surface area contributed by atoms with E-state index in [0.717, 1.165) is 61.2 Å². The van der Waals surface area contributed by atoms with Crippen LogP contribution < -0.4 is 20.1 Å². The van der Waals surface area contributed by atoms with Crippen LogP contribution in [0.5, 0.6) is 11.5 Å². The summed E-state index contributed by atoms with van der Waals surface area (Å²) in [4.78, 5) is 29.9. The Kier molecular flexibility index (Phi) is 17.3. The third-order valence-electron chi connectivity index (χ3n) is 7.20. The lowest BCUT2D eigenvalue weighted by Gasteiger charge is -2.23. The van der Waals surface area contributed by atoms with Crippen molar-refractivity contribution in [2.75, 3.05) is 19.8 Å². The number of guanidine groups is 1. The van der Waals surface area contributed by atoms with E-state index < -0.39 is 23.4 Å². The number of unbranched alkanes of at least 4 members (excludes halogenated alkanes) is 5. The summed E-state index contributed by atoms with van der Waals surface area (Å²) >= 11 is 0. The smallest absolute Gasteiger partial charge is 0.414 e. The van der Waals surface area contributed by atoms with Crippen LogP contribution in [-0.4, -0.2) is 55.2 Å². The van der Waals surface area contributed by atoms with Gasteiger partial charge in [0.05, 0.1) is 19.3 Å². The van der Waals surface area contributed by atoms with Crippen LogP contribution >= 0.6 is 0 Å². The van der Waals surface area contributed by atoms with Crippen molar-refractivity contribution in [1.82, 2.24) is 10.6 Å². The Morgan fingerprint density at radius 3 is 1.61 bits per heavy atom. The summed E-state index contributed by atoms with van der Waals surface area (Å²) in [5, 5.41) is 5.15. The zero-order valence-corrected chi connectivity index (χ0v) is 31.2. The zero-order chi connectivity index (χ0) is 37.0. The van der Waals surface area contributed by atoms with Gasteiger partial charge in [-0.05, 0) is 96.2 Å². The molecule has 0 saturated heterocycles. The SMILES string of the molecule is CC(C)(C)OC(=O)NC(=NC(COCCCCCCCCOc1ccc(OCc2ccccc2)cc1)Cc1ccccc1)NC(=O)OC(C)(C)C. The average Bonchev–Trinajstić information content (AvgIpc) is 3.06. The number of ether oxygens (including phenoxy) is 5. The van der Waals surface area contributed by atoms with Gasteiger partial charge in [-0.3, -0.25) is 10.6 Å². The molecule has 0 radical (unpaired) electrons. The van der Waals surface area contributed by atoms with Gasteiger partial charge < -0.3 is 23.7 Å². The van der Waals surface area contributed by atoms with Crippen LogP contribution in [0.3, 0.4) is 0 Å². The summed E-state index contributed by atoms with van der Waals surface area (Å²) < 4.78 is 28.6. The van der Waals surface area contributed by atoms with Gasteiger partial charge in [-0.15, -0.1) is 0 Å². The van der Waals surface area contributed by atoms with Gasteiger partial charge in [-0.1, -0.05) is 86.3 Å². The molecule has 3 rings (SSSR count). The van der Waals surface area contributed by atoms with Gasteiger partial charge in [0, 0.05) is 6.61 Å². The number of hydrogen-bond donors (Lipinski definition) is 2. The first-order valence-corrected chi connectivity index (χ1v) is 17.9. The third kappa shape index (κ3) is 19.4. The largest absolute Gasteiger partial charge is 0.494 e. The van der Waals surface area contributed by atoms with E-state index in [1.165, 1.54) is 0 Å². The second-order valence-electron chi connectivity index (χ2n) is 14.4. The highest BCUT2D eigenvalue weighted by Gasteiger charge is 2.22. The standard InChI is InChI=1S/C41H57N3O7/c1-40(2,3)50-38(45)43-37(44-39(46)51-41(4,5)6)42-34(29-32-19-13-11-14-20-32)31-47-27-17-9-7-8-10-18-28-48-35-23-25-36(26-24-35)49-30-33-21-15-12-16-22-33/h11-16,19-26,34H,7-10,17-18,27-31H2,1-6H3,(H2,42,43,44,45,46). The first-order chi connectivity index (χ1) is 24.3. The van der Waals surface area contributed by atoms with Crippen LogP contribution in [0.2, 0.25) is 0 Å². The minimum absolute atomic E-state index is 0.0584. The fourth-order valence-corrected chi connectivity index (χ4v) is 4.90. The average molecular weight is 704 g/mol. The van der Waals surface area contributed by atoms with Crippen LogP contribution in [0.15, 0.2) is 89.9 Å². The molecular weight excluding hydrogens is 646 g/mol. The van der Waals surface area contributed by atoms with E-state index >= 15 is 0 Å². The quantitative estimate of drug-likeness (QED) is 0.0772. The molecule has 0 aliphatic carbocycles. The molecular formula is C41H57N3O7. The van der Waals surface area contributed by atoms with Crippen molar-refractivity contribution >= 4 is 18.1 Å². The predicted octanol–water partition coefficient (Wildman–Crippen LogP) is 9.02. The van der Waals surface area contributed by atoms with Gasteiger partial charge in [0.1, 0.15) is 29.3 Å². The first-order valence-electron chi connectivity index (χ1n) is 17.9. The van der Waals surface area contributed by atoms with Crippen molar-refractivity contribution in [2.45, 2.75) is 110 Å². The second kappa shape index (κ2) is 21.6. The monoisotopic (exact) mass is 703 g/mol. The molecule has 0 aromatic heterocycles. The molecule has 0 fully saturated rings. The number of carbonyl (C=O) groups is 2. The highest BCUT2D eigenvalue weighted by atomic mass is 16.6. The molecule has 1 atom stereocenters. The van der Waals surface area contributed by atoms with Crippen LogP contribution in [0.4, 0.5) is 9.59 Å². The summed E-state index contributed by atoms with van der Waals surface area (Å²) in [6.07, 6.45) is 5.41. The first kappa shape index (κ1) is 40.9. The van der Waals surface area contributed by atoms with Crippen LogP contribution in [0.25, 0.3) is 0 Å². The number of alkyl carbamates (subject to hydrolysis) is 2. The normalized spacial score (nSPS) is 12.0. The van der Waals surface area contributed by atoms with Crippen LogP contribution in [0, 0.1) is 0 Å². The van der Waals surface area contributed by atoms with Gasteiger partial charge in [0.25, 0.3) is 0 Å². The molecule has 0 aliphatic heterocycles. The Bertz CT molecular complexity index is 1420. The second-order valence-corrected chi connectivity index (χ2v) is 14.4. The summed E-state index contributed by atoms with van der Waals surface area (Å²) in [5.74, 6) is 1.61. The lowest BCUT2D eigenvalue weighted by molar-refractivity contribution is 0.0543. The molecule has 3 aromatic carbocycles. The van der Waals surface area contributed by atoms with Crippen molar-refractivity contribution in [3.8, 4) is 11.5 Å². The summed E-state index contributed by atoms with van der Waals surface area (Å²) in [5.41, 5.74) is 0.734. The molecule has 10 nitrogen and oxygen atoms in total. The molecule has 1 unspecified atom stereocenters. The van der Waals surface area contributed by atoms with E-state index in [1.807, 2.05) is 84.9 Å². The molecule has 3 aromatic rings. The van der Waals surface area contributed by atoms with Gasteiger partial charge in [0.15, 0.2) is 0 Å². The maximum atomic E-state index is 12.6.